The van der Waals surface area contributed by atoms with E-state index in [0.717, 1.165) is 16.8 Å². The van der Waals surface area contributed by atoms with E-state index in [4.69, 9.17) is 0 Å². The van der Waals surface area contributed by atoms with Crippen molar-refractivity contribution in [2.75, 3.05) is 23.8 Å². The van der Waals surface area contributed by atoms with Gasteiger partial charge < -0.3 is 10.2 Å². The van der Waals surface area contributed by atoms with Gasteiger partial charge in [0.1, 0.15) is 0 Å². The molecule has 0 aliphatic carbocycles. The van der Waals surface area contributed by atoms with Gasteiger partial charge in [0.25, 0.3) is 0 Å². The normalized spacial score (nSPS) is 16.1. The third-order valence-electron chi connectivity index (χ3n) is 5.68. The van der Waals surface area contributed by atoms with Crippen molar-refractivity contribution in [2.45, 2.75) is 25.4 Å². The maximum Gasteiger partial charge on any atom is 0.241 e. The van der Waals surface area contributed by atoms with Gasteiger partial charge in [0.05, 0.1) is 24.0 Å². The molecule has 0 saturated carbocycles. The van der Waals surface area contributed by atoms with Crippen LogP contribution in [0.15, 0.2) is 84.9 Å². The lowest BCUT2D eigenvalue weighted by Crippen LogP contribution is -2.45. The second-order valence-corrected chi connectivity index (χ2v) is 8.02. The SMILES string of the molecule is C[C@@H]1CC(=O)Nc2ccccc2N1C(=O)CN(C)C(c1ccccc1)c1ccccc1. The van der Waals surface area contributed by atoms with Crippen molar-refractivity contribution in [3.05, 3.63) is 96.1 Å². The summed E-state index contributed by atoms with van der Waals surface area (Å²) in [7, 11) is 1.97. The third-order valence-corrected chi connectivity index (χ3v) is 5.68. The number of hydrogen-bond donors (Lipinski definition) is 1. The van der Waals surface area contributed by atoms with Crippen LogP contribution in [0.1, 0.15) is 30.5 Å². The highest BCUT2D eigenvalue weighted by molar-refractivity contribution is 6.04. The minimum absolute atomic E-state index is 0.0317. The van der Waals surface area contributed by atoms with E-state index < -0.39 is 0 Å². The molecule has 5 nitrogen and oxygen atoms in total. The topological polar surface area (TPSA) is 52.7 Å². The first-order chi connectivity index (χ1) is 15.0. The average Bonchev–Trinajstić information content (AvgIpc) is 2.89. The van der Waals surface area contributed by atoms with E-state index in [1.165, 1.54) is 0 Å². The van der Waals surface area contributed by atoms with E-state index in [9.17, 15) is 9.59 Å². The second kappa shape index (κ2) is 9.14. The summed E-state index contributed by atoms with van der Waals surface area (Å²) in [5, 5.41) is 2.92. The smallest absolute Gasteiger partial charge is 0.241 e. The number of carbonyl (C=O) groups is 2. The number of anilines is 2. The first-order valence-electron chi connectivity index (χ1n) is 10.6. The van der Waals surface area contributed by atoms with E-state index >= 15 is 0 Å². The highest BCUT2D eigenvalue weighted by atomic mass is 16.2. The fourth-order valence-electron chi connectivity index (χ4n) is 4.32. The van der Waals surface area contributed by atoms with Crippen LogP contribution in [-0.4, -0.2) is 36.3 Å². The van der Waals surface area contributed by atoms with Crippen LogP contribution in [0, 0.1) is 0 Å². The molecule has 0 unspecified atom stereocenters. The lowest BCUT2D eigenvalue weighted by atomic mass is 9.97. The van der Waals surface area contributed by atoms with Gasteiger partial charge in [-0.1, -0.05) is 72.8 Å². The zero-order valence-electron chi connectivity index (χ0n) is 17.9. The van der Waals surface area contributed by atoms with E-state index in [2.05, 4.69) is 34.5 Å². The monoisotopic (exact) mass is 413 g/mol. The van der Waals surface area contributed by atoms with Crippen LogP contribution in [0.5, 0.6) is 0 Å². The van der Waals surface area contributed by atoms with Gasteiger partial charge >= 0.3 is 0 Å². The number of likely N-dealkylation sites (N-methyl/N-ethyl adjacent to an activating group) is 1. The van der Waals surface area contributed by atoms with Crippen molar-refractivity contribution in [3.8, 4) is 0 Å². The van der Waals surface area contributed by atoms with Gasteiger partial charge in [-0.3, -0.25) is 14.5 Å². The summed E-state index contributed by atoms with van der Waals surface area (Å²) in [5.41, 5.74) is 3.68. The molecule has 5 heteroatoms. The Kier molecular flexibility index (Phi) is 6.14. The number of benzene rings is 3. The Morgan fingerprint density at radius 2 is 1.52 bits per heavy atom. The molecule has 4 rings (SSSR count). The van der Waals surface area contributed by atoms with Gasteiger partial charge in [0, 0.05) is 12.5 Å². The number of rotatable bonds is 5. The van der Waals surface area contributed by atoms with Gasteiger partial charge in [0.15, 0.2) is 0 Å². The fourth-order valence-corrected chi connectivity index (χ4v) is 4.32. The van der Waals surface area contributed by atoms with Crippen molar-refractivity contribution in [2.24, 2.45) is 0 Å². The number of fused-ring (bicyclic) bond motifs is 1. The van der Waals surface area contributed by atoms with Crippen LogP contribution in [0.4, 0.5) is 11.4 Å². The summed E-state index contributed by atoms with van der Waals surface area (Å²) in [5.74, 6) is -0.106. The Bertz CT molecular complexity index is 1010. The first kappa shape index (κ1) is 20.8. The maximum atomic E-state index is 13.6. The number of hydrogen-bond acceptors (Lipinski definition) is 3. The predicted molar refractivity (Wildman–Crippen MR) is 124 cm³/mol. The molecule has 3 aromatic carbocycles. The number of para-hydroxylation sites is 2. The van der Waals surface area contributed by atoms with E-state index in [1.54, 1.807) is 4.90 Å². The highest BCUT2D eigenvalue weighted by Crippen LogP contribution is 2.32. The first-order valence-corrected chi connectivity index (χ1v) is 10.6. The second-order valence-electron chi connectivity index (χ2n) is 8.02. The fraction of sp³-hybridized carbons (Fsp3) is 0.231. The zero-order chi connectivity index (χ0) is 21.8. The predicted octanol–water partition coefficient (Wildman–Crippen LogP) is 4.47. The standard InChI is InChI=1S/C26H27N3O2/c1-19-17-24(30)27-22-15-9-10-16-23(22)29(19)25(31)18-28(2)26(20-11-5-3-6-12-20)21-13-7-4-8-14-21/h3-16,19,26H,17-18H2,1-2H3,(H,27,30)/t19-/m1/s1. The molecule has 0 spiro atoms. The van der Waals surface area contributed by atoms with Gasteiger partial charge in [-0.25, -0.2) is 0 Å². The number of nitrogens with zero attached hydrogens (tertiary/aromatic N) is 2. The van der Waals surface area contributed by atoms with E-state index in [0.29, 0.717) is 5.69 Å². The lowest BCUT2D eigenvalue weighted by Gasteiger charge is -2.33. The summed E-state index contributed by atoms with van der Waals surface area (Å²) in [4.78, 5) is 29.7. The highest BCUT2D eigenvalue weighted by Gasteiger charge is 2.31. The van der Waals surface area contributed by atoms with E-state index in [1.807, 2.05) is 74.6 Å². The molecule has 2 amide bonds. The summed E-state index contributed by atoms with van der Waals surface area (Å²) in [6.45, 7) is 2.15. The molecular weight excluding hydrogens is 386 g/mol. The van der Waals surface area contributed by atoms with Crippen LogP contribution in [0.25, 0.3) is 0 Å². The summed E-state index contributed by atoms with van der Waals surface area (Å²) < 4.78 is 0. The Morgan fingerprint density at radius 3 is 2.13 bits per heavy atom. The number of amides is 2. The average molecular weight is 414 g/mol. The van der Waals surface area contributed by atoms with Crippen LogP contribution in [0.3, 0.4) is 0 Å². The van der Waals surface area contributed by atoms with Crippen molar-refractivity contribution in [3.63, 3.8) is 0 Å². The minimum Gasteiger partial charge on any atom is -0.324 e. The largest absolute Gasteiger partial charge is 0.324 e. The molecule has 158 valence electrons. The lowest BCUT2D eigenvalue weighted by molar-refractivity contribution is -0.120. The third kappa shape index (κ3) is 4.52. The molecular formula is C26H27N3O2. The van der Waals surface area contributed by atoms with Crippen LogP contribution >= 0.6 is 0 Å². The molecule has 31 heavy (non-hydrogen) atoms. The van der Waals surface area contributed by atoms with E-state index in [-0.39, 0.29) is 36.9 Å². The van der Waals surface area contributed by atoms with Gasteiger partial charge in [-0.15, -0.1) is 0 Å². The van der Waals surface area contributed by atoms with Crippen molar-refractivity contribution in [1.82, 2.24) is 4.90 Å². The Labute approximate surface area is 183 Å². The molecule has 0 fully saturated rings. The van der Waals surface area contributed by atoms with Crippen LogP contribution in [-0.2, 0) is 9.59 Å². The molecule has 1 N–H and O–H groups in total. The van der Waals surface area contributed by atoms with Crippen LogP contribution < -0.4 is 10.2 Å². The molecule has 0 radical (unpaired) electrons. The summed E-state index contributed by atoms with van der Waals surface area (Å²) in [6.07, 6.45) is 0.269. The van der Waals surface area contributed by atoms with Crippen molar-refractivity contribution >= 4 is 23.2 Å². The minimum atomic E-state index is -0.226. The van der Waals surface area contributed by atoms with Crippen molar-refractivity contribution in [1.29, 1.82) is 0 Å². The zero-order valence-corrected chi connectivity index (χ0v) is 17.9. The molecule has 1 aliphatic heterocycles. The van der Waals surface area contributed by atoms with Gasteiger partial charge in [-0.2, -0.15) is 0 Å². The van der Waals surface area contributed by atoms with Crippen molar-refractivity contribution < 1.29 is 9.59 Å². The summed E-state index contributed by atoms with van der Waals surface area (Å²) in [6, 6.07) is 27.6. The molecule has 0 saturated heterocycles. The maximum absolute atomic E-state index is 13.6. The molecule has 0 aromatic heterocycles. The molecule has 1 heterocycles. The molecule has 3 aromatic rings. The quantitative estimate of drug-likeness (QED) is 0.671. The molecule has 0 bridgehead atoms. The Balaban J connectivity index is 1.64. The Hall–Kier alpha value is -3.44. The molecule has 1 atom stereocenters. The van der Waals surface area contributed by atoms with Gasteiger partial charge in [0.2, 0.25) is 11.8 Å². The van der Waals surface area contributed by atoms with Crippen LogP contribution in [0.2, 0.25) is 0 Å². The number of nitrogens with one attached hydrogen (secondary N) is 1. The molecule has 1 aliphatic rings. The number of carbonyl (C=O) groups excluding carboxylic acids is 2. The van der Waals surface area contributed by atoms with Gasteiger partial charge in [-0.05, 0) is 37.2 Å². The summed E-state index contributed by atoms with van der Waals surface area (Å²) >= 11 is 0. The Morgan fingerprint density at radius 1 is 0.968 bits per heavy atom.